The Morgan fingerprint density at radius 3 is 2.50 bits per heavy atom. The summed E-state index contributed by atoms with van der Waals surface area (Å²) in [7, 11) is 0. The van der Waals surface area contributed by atoms with Gasteiger partial charge in [0.1, 0.15) is 0 Å². The predicted octanol–water partition coefficient (Wildman–Crippen LogP) is 3.64. The zero-order valence-electron chi connectivity index (χ0n) is 12.9. The SMILES string of the molecule is CC(=O)C(=NNc1ccc2ccccc2c1)N1CCCCC1. The number of Topliss-reactive ketones (excluding diaryl/α,β-unsaturated/α-hetero) is 1. The highest BCUT2D eigenvalue weighted by molar-refractivity contribution is 6.37. The third-order valence-corrected chi connectivity index (χ3v) is 4.01. The predicted molar refractivity (Wildman–Crippen MR) is 91.1 cm³/mol. The van der Waals surface area contributed by atoms with Gasteiger partial charge in [-0.25, -0.2) is 0 Å². The number of hydrogen-bond donors (Lipinski definition) is 1. The van der Waals surface area contributed by atoms with Crippen molar-refractivity contribution in [2.75, 3.05) is 18.5 Å². The highest BCUT2D eigenvalue weighted by Crippen LogP contribution is 2.19. The van der Waals surface area contributed by atoms with Gasteiger partial charge in [-0.1, -0.05) is 30.3 Å². The Kier molecular flexibility index (Phi) is 4.37. The van der Waals surface area contributed by atoms with Crippen LogP contribution in [0.4, 0.5) is 5.69 Å². The van der Waals surface area contributed by atoms with Gasteiger partial charge >= 0.3 is 0 Å². The van der Waals surface area contributed by atoms with Gasteiger partial charge in [0, 0.05) is 20.0 Å². The number of hydrogen-bond acceptors (Lipinski definition) is 3. The molecule has 0 atom stereocenters. The van der Waals surface area contributed by atoms with Gasteiger partial charge in [-0.3, -0.25) is 10.2 Å². The van der Waals surface area contributed by atoms with Crippen LogP contribution in [0.2, 0.25) is 0 Å². The van der Waals surface area contributed by atoms with Gasteiger partial charge in [-0.2, -0.15) is 5.10 Å². The number of carbonyl (C=O) groups is 1. The van der Waals surface area contributed by atoms with Crippen molar-refractivity contribution in [3.05, 3.63) is 42.5 Å². The van der Waals surface area contributed by atoms with Crippen molar-refractivity contribution in [2.24, 2.45) is 5.10 Å². The largest absolute Gasteiger partial charge is 0.352 e. The molecule has 1 heterocycles. The molecule has 0 bridgehead atoms. The first kappa shape index (κ1) is 14.6. The zero-order valence-corrected chi connectivity index (χ0v) is 12.9. The van der Waals surface area contributed by atoms with Crippen LogP contribution in [0.25, 0.3) is 10.8 Å². The Hall–Kier alpha value is -2.36. The van der Waals surface area contributed by atoms with E-state index in [4.69, 9.17) is 0 Å². The van der Waals surface area contributed by atoms with Gasteiger partial charge < -0.3 is 4.90 Å². The van der Waals surface area contributed by atoms with Crippen LogP contribution in [0.3, 0.4) is 0 Å². The Bertz CT molecular complexity index is 702. The maximum absolute atomic E-state index is 11.9. The van der Waals surface area contributed by atoms with Crippen LogP contribution in [-0.4, -0.2) is 29.6 Å². The molecule has 1 saturated heterocycles. The fourth-order valence-corrected chi connectivity index (χ4v) is 2.85. The molecule has 4 nitrogen and oxygen atoms in total. The Balaban J connectivity index is 1.80. The monoisotopic (exact) mass is 295 g/mol. The highest BCUT2D eigenvalue weighted by Gasteiger charge is 2.18. The molecular formula is C18H21N3O. The quantitative estimate of drug-likeness (QED) is 0.534. The van der Waals surface area contributed by atoms with Gasteiger partial charge in [0.15, 0.2) is 11.6 Å². The van der Waals surface area contributed by atoms with Crippen molar-refractivity contribution in [1.82, 2.24) is 4.90 Å². The molecule has 22 heavy (non-hydrogen) atoms. The van der Waals surface area contributed by atoms with E-state index in [2.05, 4.69) is 33.6 Å². The number of ketones is 1. The third kappa shape index (κ3) is 3.27. The molecule has 114 valence electrons. The maximum Gasteiger partial charge on any atom is 0.196 e. The average Bonchev–Trinajstić information content (AvgIpc) is 2.55. The number of hydrazone groups is 1. The molecule has 1 aliphatic rings. The summed E-state index contributed by atoms with van der Waals surface area (Å²) in [6.45, 7) is 3.41. The first-order valence-electron chi connectivity index (χ1n) is 7.82. The van der Waals surface area contributed by atoms with E-state index in [9.17, 15) is 4.79 Å². The molecule has 1 fully saturated rings. The molecule has 0 aliphatic carbocycles. The summed E-state index contributed by atoms with van der Waals surface area (Å²) in [6.07, 6.45) is 3.49. The lowest BCUT2D eigenvalue weighted by atomic mass is 10.1. The molecule has 0 saturated carbocycles. The second kappa shape index (κ2) is 6.60. The van der Waals surface area contributed by atoms with Crippen molar-refractivity contribution < 1.29 is 4.79 Å². The lowest BCUT2D eigenvalue weighted by Gasteiger charge is -2.28. The van der Waals surface area contributed by atoms with E-state index in [0.29, 0.717) is 5.84 Å². The number of rotatable bonds is 3. The number of anilines is 1. The van der Waals surface area contributed by atoms with Gasteiger partial charge in [0.25, 0.3) is 0 Å². The highest BCUT2D eigenvalue weighted by atomic mass is 16.1. The summed E-state index contributed by atoms with van der Waals surface area (Å²) in [4.78, 5) is 13.9. The third-order valence-electron chi connectivity index (χ3n) is 4.01. The van der Waals surface area contributed by atoms with E-state index < -0.39 is 0 Å². The second-order valence-corrected chi connectivity index (χ2v) is 5.71. The normalized spacial score (nSPS) is 15.9. The molecule has 2 aromatic rings. The molecule has 1 N–H and O–H groups in total. The Morgan fingerprint density at radius 1 is 1.05 bits per heavy atom. The fraction of sp³-hybridized carbons (Fsp3) is 0.333. The number of benzene rings is 2. The molecule has 2 aromatic carbocycles. The molecule has 0 amide bonds. The minimum atomic E-state index is 0.00943. The zero-order chi connectivity index (χ0) is 15.4. The number of nitrogens with one attached hydrogen (secondary N) is 1. The van der Waals surface area contributed by atoms with Crippen LogP contribution >= 0.6 is 0 Å². The molecule has 0 aromatic heterocycles. The fourth-order valence-electron chi connectivity index (χ4n) is 2.85. The standard InChI is InChI=1S/C18H21N3O/c1-14(22)18(21-11-5-2-6-12-21)20-19-17-10-9-15-7-3-4-8-16(15)13-17/h3-4,7-10,13,19H,2,5-6,11-12H2,1H3. The Labute approximate surface area is 130 Å². The summed E-state index contributed by atoms with van der Waals surface area (Å²) in [5.41, 5.74) is 3.94. The van der Waals surface area contributed by atoms with Crippen molar-refractivity contribution in [1.29, 1.82) is 0 Å². The van der Waals surface area contributed by atoms with Crippen LogP contribution in [0, 0.1) is 0 Å². The van der Waals surface area contributed by atoms with Crippen molar-refractivity contribution in [3.63, 3.8) is 0 Å². The first-order chi connectivity index (χ1) is 10.7. The van der Waals surface area contributed by atoms with E-state index in [1.807, 2.05) is 24.3 Å². The van der Waals surface area contributed by atoms with Gasteiger partial charge in [-0.15, -0.1) is 0 Å². The Morgan fingerprint density at radius 2 is 1.77 bits per heavy atom. The van der Waals surface area contributed by atoms with Crippen LogP contribution in [0.1, 0.15) is 26.2 Å². The van der Waals surface area contributed by atoms with E-state index in [1.165, 1.54) is 11.8 Å². The van der Waals surface area contributed by atoms with E-state index in [0.717, 1.165) is 37.0 Å². The first-order valence-corrected chi connectivity index (χ1v) is 7.82. The van der Waals surface area contributed by atoms with E-state index >= 15 is 0 Å². The van der Waals surface area contributed by atoms with Crippen molar-refractivity contribution in [3.8, 4) is 0 Å². The lowest BCUT2D eigenvalue weighted by molar-refractivity contribution is -0.111. The van der Waals surface area contributed by atoms with Gasteiger partial charge in [-0.05, 0) is 42.2 Å². The van der Waals surface area contributed by atoms with Crippen molar-refractivity contribution >= 4 is 28.1 Å². The molecule has 0 spiro atoms. The minimum absolute atomic E-state index is 0.00943. The molecule has 1 aliphatic heterocycles. The average molecular weight is 295 g/mol. The molecule has 3 rings (SSSR count). The summed E-state index contributed by atoms with van der Waals surface area (Å²) >= 11 is 0. The molecule has 0 radical (unpaired) electrons. The molecule has 4 heteroatoms. The summed E-state index contributed by atoms with van der Waals surface area (Å²) in [5, 5.41) is 6.72. The lowest BCUT2D eigenvalue weighted by Crippen LogP contribution is -2.39. The van der Waals surface area contributed by atoms with E-state index in [1.54, 1.807) is 6.92 Å². The second-order valence-electron chi connectivity index (χ2n) is 5.71. The summed E-state index contributed by atoms with van der Waals surface area (Å²) in [5.74, 6) is 0.544. The smallest absolute Gasteiger partial charge is 0.196 e. The number of carbonyl (C=O) groups excluding carboxylic acids is 1. The molecule has 0 unspecified atom stereocenters. The van der Waals surface area contributed by atoms with Crippen LogP contribution < -0.4 is 5.43 Å². The number of fused-ring (bicyclic) bond motifs is 1. The maximum atomic E-state index is 11.9. The number of amidine groups is 1. The van der Waals surface area contributed by atoms with E-state index in [-0.39, 0.29) is 5.78 Å². The minimum Gasteiger partial charge on any atom is -0.352 e. The van der Waals surface area contributed by atoms with Gasteiger partial charge in [0.05, 0.1) is 5.69 Å². The van der Waals surface area contributed by atoms with Gasteiger partial charge in [0.2, 0.25) is 0 Å². The molecular weight excluding hydrogens is 274 g/mol. The topological polar surface area (TPSA) is 44.7 Å². The van der Waals surface area contributed by atoms with Crippen LogP contribution in [0.15, 0.2) is 47.6 Å². The number of nitrogens with zero attached hydrogens (tertiary/aromatic N) is 2. The van der Waals surface area contributed by atoms with Crippen molar-refractivity contribution in [2.45, 2.75) is 26.2 Å². The summed E-state index contributed by atoms with van der Waals surface area (Å²) < 4.78 is 0. The van der Waals surface area contributed by atoms with Crippen LogP contribution in [-0.2, 0) is 4.79 Å². The number of piperidine rings is 1. The summed E-state index contributed by atoms with van der Waals surface area (Å²) in [6, 6.07) is 14.3. The number of likely N-dealkylation sites (tertiary alicyclic amines) is 1. The van der Waals surface area contributed by atoms with Crippen LogP contribution in [0.5, 0.6) is 0 Å².